The molecule has 1 aliphatic rings. The van der Waals surface area contributed by atoms with Crippen molar-refractivity contribution < 1.29 is 23.7 Å². The van der Waals surface area contributed by atoms with Crippen molar-refractivity contribution in [2.45, 2.75) is 19.3 Å². The van der Waals surface area contributed by atoms with E-state index in [1.165, 1.54) is 0 Å². The zero-order valence-electron chi connectivity index (χ0n) is 18.9. The minimum atomic E-state index is -0.509. The fourth-order valence-electron chi connectivity index (χ4n) is 3.71. The van der Waals surface area contributed by atoms with Crippen LogP contribution in [0.1, 0.15) is 40.7 Å². The fraction of sp³-hybridized carbons (Fsp3) is 0.185. The monoisotopic (exact) mass is 456 g/mol. The number of nitriles is 1. The largest absolute Gasteiger partial charge is 0.497 e. The number of allylic oxidation sites excluding steroid dienone is 1. The molecule has 0 aromatic heterocycles. The highest BCUT2D eigenvalue weighted by atomic mass is 16.5. The second-order valence-corrected chi connectivity index (χ2v) is 7.66. The molecule has 3 aromatic rings. The van der Waals surface area contributed by atoms with Crippen LogP contribution < -0.4 is 24.7 Å². The highest BCUT2D eigenvalue weighted by Crippen LogP contribution is 2.43. The predicted molar refractivity (Wildman–Crippen MR) is 126 cm³/mol. The molecule has 7 heteroatoms. The van der Waals surface area contributed by atoms with Gasteiger partial charge in [-0.1, -0.05) is 25.1 Å². The van der Waals surface area contributed by atoms with E-state index in [0.717, 1.165) is 17.5 Å². The van der Waals surface area contributed by atoms with Gasteiger partial charge >= 0.3 is 5.97 Å². The number of esters is 1. The Bertz CT molecular complexity index is 1260. The summed E-state index contributed by atoms with van der Waals surface area (Å²) in [5, 5.41) is 9.72. The minimum Gasteiger partial charge on any atom is -0.497 e. The fourth-order valence-corrected chi connectivity index (χ4v) is 3.71. The smallest absolute Gasteiger partial charge is 0.343 e. The van der Waals surface area contributed by atoms with Gasteiger partial charge in [-0.3, -0.25) is 0 Å². The second kappa shape index (κ2) is 10.0. The number of nitrogens with zero attached hydrogens (tertiary/aromatic N) is 1. The van der Waals surface area contributed by atoms with Crippen LogP contribution in [-0.2, 0) is 0 Å². The van der Waals surface area contributed by atoms with Crippen LogP contribution in [-0.4, -0.2) is 19.7 Å². The van der Waals surface area contributed by atoms with Crippen LogP contribution in [0.25, 0.3) is 0 Å². The van der Waals surface area contributed by atoms with Crippen molar-refractivity contribution in [3.63, 3.8) is 0 Å². The SMILES string of the molecule is CCCOc1ccc(C(=O)Oc2ccc3c(c2)OC(N)=C(C#N)C3c2ccc(OC)cc2)cc1. The molecule has 0 saturated heterocycles. The van der Waals surface area contributed by atoms with Crippen molar-refractivity contribution in [2.24, 2.45) is 5.73 Å². The van der Waals surface area contributed by atoms with Gasteiger partial charge in [-0.2, -0.15) is 5.26 Å². The van der Waals surface area contributed by atoms with Crippen LogP contribution in [0.4, 0.5) is 0 Å². The molecule has 0 aliphatic carbocycles. The van der Waals surface area contributed by atoms with E-state index in [1.54, 1.807) is 49.6 Å². The molecule has 2 N–H and O–H groups in total. The number of carbonyl (C=O) groups excluding carboxylic acids is 1. The van der Waals surface area contributed by atoms with Gasteiger partial charge in [0.15, 0.2) is 0 Å². The van der Waals surface area contributed by atoms with Gasteiger partial charge in [0.25, 0.3) is 0 Å². The van der Waals surface area contributed by atoms with E-state index >= 15 is 0 Å². The van der Waals surface area contributed by atoms with E-state index in [2.05, 4.69) is 6.07 Å². The molecule has 0 fully saturated rings. The van der Waals surface area contributed by atoms with E-state index in [4.69, 9.17) is 24.7 Å². The number of hydrogen-bond acceptors (Lipinski definition) is 7. The Morgan fingerprint density at radius 2 is 1.71 bits per heavy atom. The molecule has 0 radical (unpaired) electrons. The van der Waals surface area contributed by atoms with Crippen molar-refractivity contribution in [2.75, 3.05) is 13.7 Å². The topological polar surface area (TPSA) is 104 Å². The summed E-state index contributed by atoms with van der Waals surface area (Å²) in [7, 11) is 1.59. The number of methoxy groups -OCH3 is 1. The molecule has 1 unspecified atom stereocenters. The lowest BCUT2D eigenvalue weighted by molar-refractivity contribution is 0.0734. The molecule has 0 spiro atoms. The van der Waals surface area contributed by atoms with Crippen molar-refractivity contribution in [1.82, 2.24) is 0 Å². The lowest BCUT2D eigenvalue weighted by Gasteiger charge is -2.26. The van der Waals surface area contributed by atoms with Crippen LogP contribution >= 0.6 is 0 Å². The van der Waals surface area contributed by atoms with Gasteiger partial charge in [0.1, 0.15) is 34.6 Å². The van der Waals surface area contributed by atoms with E-state index in [1.807, 2.05) is 31.2 Å². The maximum atomic E-state index is 12.6. The highest BCUT2D eigenvalue weighted by molar-refractivity contribution is 5.91. The van der Waals surface area contributed by atoms with Gasteiger partial charge in [-0.25, -0.2) is 4.79 Å². The van der Waals surface area contributed by atoms with Gasteiger partial charge < -0.3 is 24.7 Å². The number of benzene rings is 3. The van der Waals surface area contributed by atoms with Crippen molar-refractivity contribution >= 4 is 5.97 Å². The quantitative estimate of drug-likeness (QED) is 0.397. The number of carbonyl (C=O) groups is 1. The van der Waals surface area contributed by atoms with Gasteiger partial charge in [0.05, 0.1) is 25.2 Å². The molecular formula is C27H24N2O5. The van der Waals surface area contributed by atoms with Crippen LogP contribution in [0.5, 0.6) is 23.0 Å². The Labute approximate surface area is 197 Å². The molecule has 4 rings (SSSR count). The molecule has 3 aromatic carbocycles. The number of nitrogens with two attached hydrogens (primary N) is 1. The van der Waals surface area contributed by atoms with Gasteiger partial charge in [0, 0.05) is 11.6 Å². The summed E-state index contributed by atoms with van der Waals surface area (Å²) in [5.74, 6) is 1.22. The van der Waals surface area contributed by atoms with Crippen molar-refractivity contribution in [1.29, 1.82) is 5.26 Å². The summed E-state index contributed by atoms with van der Waals surface area (Å²) in [5.41, 5.74) is 8.38. The molecule has 0 amide bonds. The third-order valence-corrected chi connectivity index (χ3v) is 5.41. The summed E-state index contributed by atoms with van der Waals surface area (Å²) in [6.07, 6.45) is 0.902. The third-order valence-electron chi connectivity index (χ3n) is 5.41. The van der Waals surface area contributed by atoms with Crippen LogP contribution in [0, 0.1) is 11.3 Å². The lowest BCUT2D eigenvalue weighted by atomic mass is 9.83. The maximum absolute atomic E-state index is 12.6. The second-order valence-electron chi connectivity index (χ2n) is 7.66. The zero-order chi connectivity index (χ0) is 24.1. The molecule has 1 atom stereocenters. The molecule has 1 aliphatic heterocycles. The first-order valence-electron chi connectivity index (χ1n) is 10.8. The van der Waals surface area contributed by atoms with Crippen LogP contribution in [0.3, 0.4) is 0 Å². The average molecular weight is 456 g/mol. The molecule has 0 bridgehead atoms. The molecule has 1 heterocycles. The summed E-state index contributed by atoms with van der Waals surface area (Å²) in [6.45, 7) is 2.64. The molecule has 7 nitrogen and oxygen atoms in total. The molecule has 0 saturated carbocycles. The Hall–Kier alpha value is -4.44. The Balaban J connectivity index is 1.58. The average Bonchev–Trinajstić information content (AvgIpc) is 2.87. The number of hydrogen-bond donors (Lipinski definition) is 1. The molecule has 172 valence electrons. The normalized spacial score (nSPS) is 14.4. The van der Waals surface area contributed by atoms with Crippen molar-refractivity contribution in [3.05, 3.63) is 94.9 Å². The standard InChI is InChI=1S/C27H24N2O5/c1-3-14-32-20-10-6-18(7-11-20)27(30)33-21-12-13-22-24(15-21)34-26(29)23(16-28)25(22)17-4-8-19(31-2)9-5-17/h4-13,15,25H,3,14,29H2,1-2H3. The number of fused-ring (bicyclic) bond motifs is 1. The lowest BCUT2D eigenvalue weighted by Crippen LogP contribution is -2.21. The van der Waals surface area contributed by atoms with Crippen LogP contribution in [0.2, 0.25) is 0 Å². The molecular weight excluding hydrogens is 432 g/mol. The van der Waals surface area contributed by atoms with Crippen molar-refractivity contribution in [3.8, 4) is 29.1 Å². The summed E-state index contributed by atoms with van der Waals surface area (Å²) >= 11 is 0. The van der Waals surface area contributed by atoms with Gasteiger partial charge in [0.2, 0.25) is 5.88 Å². The summed E-state index contributed by atoms with van der Waals surface area (Å²) in [6, 6.07) is 21.4. The summed E-state index contributed by atoms with van der Waals surface area (Å²) in [4.78, 5) is 12.6. The van der Waals surface area contributed by atoms with E-state index in [9.17, 15) is 10.1 Å². The Morgan fingerprint density at radius 3 is 2.35 bits per heavy atom. The van der Waals surface area contributed by atoms with E-state index < -0.39 is 11.9 Å². The van der Waals surface area contributed by atoms with Gasteiger partial charge in [-0.05, 0) is 54.4 Å². The van der Waals surface area contributed by atoms with E-state index in [-0.39, 0.29) is 5.88 Å². The van der Waals surface area contributed by atoms with Crippen LogP contribution in [0.15, 0.2) is 78.2 Å². The third kappa shape index (κ3) is 4.66. The Kier molecular flexibility index (Phi) is 6.69. The highest BCUT2D eigenvalue weighted by Gasteiger charge is 2.31. The Morgan fingerprint density at radius 1 is 1.03 bits per heavy atom. The van der Waals surface area contributed by atoms with Gasteiger partial charge in [-0.15, -0.1) is 0 Å². The first-order chi connectivity index (χ1) is 16.5. The minimum absolute atomic E-state index is 0.0157. The number of ether oxygens (including phenoxy) is 4. The number of rotatable bonds is 7. The van der Waals surface area contributed by atoms with E-state index in [0.29, 0.717) is 40.7 Å². The summed E-state index contributed by atoms with van der Waals surface area (Å²) < 4.78 is 22.0. The first-order valence-corrected chi connectivity index (χ1v) is 10.8. The maximum Gasteiger partial charge on any atom is 0.343 e. The molecule has 34 heavy (non-hydrogen) atoms. The predicted octanol–water partition coefficient (Wildman–Crippen LogP) is 4.92. The zero-order valence-corrected chi connectivity index (χ0v) is 18.9. The first kappa shape index (κ1) is 22.7.